The second kappa shape index (κ2) is 6.76. The van der Waals surface area contributed by atoms with Gasteiger partial charge in [-0.15, -0.1) is 0 Å². The van der Waals surface area contributed by atoms with Crippen LogP contribution in [0.15, 0.2) is 42.5 Å². The van der Waals surface area contributed by atoms with Gasteiger partial charge in [-0.2, -0.15) is 0 Å². The predicted molar refractivity (Wildman–Crippen MR) is 83.0 cm³/mol. The number of hydrogen-bond acceptors (Lipinski definition) is 3. The van der Waals surface area contributed by atoms with Crippen molar-refractivity contribution in [2.24, 2.45) is 5.73 Å². The van der Waals surface area contributed by atoms with Crippen LogP contribution >= 0.6 is 0 Å². The van der Waals surface area contributed by atoms with Gasteiger partial charge in [0.1, 0.15) is 5.82 Å². The number of rotatable bonds is 5. The summed E-state index contributed by atoms with van der Waals surface area (Å²) in [5, 5.41) is 0. The smallest absolute Gasteiger partial charge is 0.249 e. The lowest BCUT2D eigenvalue weighted by Crippen LogP contribution is -2.12. The minimum absolute atomic E-state index is 0.284. The highest BCUT2D eigenvalue weighted by Crippen LogP contribution is 2.29. The Kier molecular flexibility index (Phi) is 4.78. The molecular weight excluding hydrogens is 285 g/mol. The maximum absolute atomic E-state index is 13.0. The van der Waals surface area contributed by atoms with Gasteiger partial charge in [0.05, 0.1) is 14.2 Å². The third-order valence-electron chi connectivity index (χ3n) is 3.14. The quantitative estimate of drug-likeness (QED) is 0.682. The monoisotopic (exact) mass is 301 g/mol. The van der Waals surface area contributed by atoms with Crippen LogP contribution in [0.5, 0.6) is 11.5 Å². The molecule has 0 heterocycles. The molecule has 0 aliphatic carbocycles. The molecule has 2 N–H and O–H groups in total. The molecule has 0 radical (unpaired) electrons. The highest BCUT2D eigenvalue weighted by atomic mass is 19.1. The van der Waals surface area contributed by atoms with Crippen LogP contribution in [0.4, 0.5) is 4.39 Å². The second-order valence-corrected chi connectivity index (χ2v) is 4.54. The summed E-state index contributed by atoms with van der Waals surface area (Å²) in [6.45, 7) is 0. The van der Waals surface area contributed by atoms with Crippen LogP contribution < -0.4 is 15.2 Å². The largest absolute Gasteiger partial charge is 0.493 e. The molecule has 0 spiro atoms. The van der Waals surface area contributed by atoms with E-state index in [0.717, 1.165) is 5.56 Å². The van der Waals surface area contributed by atoms with Crippen molar-refractivity contribution in [1.82, 2.24) is 0 Å². The first kappa shape index (κ1) is 15.6. The summed E-state index contributed by atoms with van der Waals surface area (Å²) in [4.78, 5) is 11.7. The Morgan fingerprint density at radius 2 is 1.68 bits per heavy atom. The molecule has 114 valence electrons. The highest BCUT2D eigenvalue weighted by Gasteiger charge is 2.10. The van der Waals surface area contributed by atoms with E-state index < -0.39 is 5.91 Å². The topological polar surface area (TPSA) is 61.5 Å². The standard InChI is InChI=1S/C17H16FNO3/c1-21-15-8-3-11(10-16(15)22-2)9-14(17(19)20)12-4-6-13(18)7-5-12/h3-10H,1-2H3,(H2,19,20)/b14-9-. The van der Waals surface area contributed by atoms with Gasteiger partial charge in [0, 0.05) is 5.57 Å². The maximum Gasteiger partial charge on any atom is 0.249 e. The Balaban J connectivity index is 2.46. The Morgan fingerprint density at radius 3 is 2.23 bits per heavy atom. The maximum atomic E-state index is 13.0. The molecule has 0 aliphatic heterocycles. The van der Waals surface area contributed by atoms with Crippen molar-refractivity contribution in [3.8, 4) is 11.5 Å². The van der Waals surface area contributed by atoms with Gasteiger partial charge in [-0.3, -0.25) is 4.79 Å². The van der Waals surface area contributed by atoms with Crippen molar-refractivity contribution < 1.29 is 18.7 Å². The van der Waals surface area contributed by atoms with E-state index in [-0.39, 0.29) is 11.4 Å². The zero-order chi connectivity index (χ0) is 16.1. The third-order valence-corrected chi connectivity index (χ3v) is 3.14. The van der Waals surface area contributed by atoms with Crippen molar-refractivity contribution in [2.75, 3.05) is 14.2 Å². The fraction of sp³-hybridized carbons (Fsp3) is 0.118. The van der Waals surface area contributed by atoms with Gasteiger partial charge in [0.15, 0.2) is 11.5 Å². The van der Waals surface area contributed by atoms with E-state index in [4.69, 9.17) is 15.2 Å². The number of primary amides is 1. The molecule has 0 unspecified atom stereocenters. The third kappa shape index (κ3) is 3.44. The van der Waals surface area contributed by atoms with Gasteiger partial charge in [-0.1, -0.05) is 18.2 Å². The summed E-state index contributed by atoms with van der Waals surface area (Å²) in [6.07, 6.45) is 1.62. The van der Waals surface area contributed by atoms with Crippen molar-refractivity contribution in [3.05, 3.63) is 59.4 Å². The summed E-state index contributed by atoms with van der Waals surface area (Å²) < 4.78 is 23.4. The molecule has 22 heavy (non-hydrogen) atoms. The van der Waals surface area contributed by atoms with Crippen molar-refractivity contribution in [1.29, 1.82) is 0 Å². The number of halogens is 1. The first-order chi connectivity index (χ1) is 10.5. The second-order valence-electron chi connectivity index (χ2n) is 4.54. The first-order valence-corrected chi connectivity index (χ1v) is 6.54. The Hall–Kier alpha value is -2.82. The predicted octanol–water partition coefficient (Wildman–Crippen LogP) is 2.87. The van der Waals surface area contributed by atoms with Crippen molar-refractivity contribution >= 4 is 17.6 Å². The van der Waals surface area contributed by atoms with E-state index in [1.807, 2.05) is 0 Å². The van der Waals surface area contributed by atoms with Crippen LogP contribution in [0.2, 0.25) is 0 Å². The zero-order valence-corrected chi connectivity index (χ0v) is 12.3. The number of carbonyl (C=O) groups excluding carboxylic acids is 1. The van der Waals surface area contributed by atoms with Gasteiger partial charge in [-0.25, -0.2) is 4.39 Å². The molecule has 4 nitrogen and oxygen atoms in total. The van der Waals surface area contributed by atoms with E-state index in [1.54, 1.807) is 31.4 Å². The molecule has 1 amide bonds. The number of carbonyl (C=O) groups is 1. The van der Waals surface area contributed by atoms with E-state index in [1.165, 1.54) is 31.4 Å². The first-order valence-electron chi connectivity index (χ1n) is 6.54. The molecule has 2 rings (SSSR count). The van der Waals surface area contributed by atoms with Crippen molar-refractivity contribution in [3.63, 3.8) is 0 Å². The minimum Gasteiger partial charge on any atom is -0.493 e. The molecule has 0 atom stereocenters. The fourth-order valence-corrected chi connectivity index (χ4v) is 2.04. The Morgan fingerprint density at radius 1 is 1.05 bits per heavy atom. The minimum atomic E-state index is -0.596. The molecule has 2 aromatic rings. The van der Waals surface area contributed by atoms with Gasteiger partial charge in [0.2, 0.25) is 5.91 Å². The molecule has 0 aliphatic rings. The normalized spacial score (nSPS) is 11.1. The lowest BCUT2D eigenvalue weighted by molar-refractivity contribution is -0.112. The van der Waals surface area contributed by atoms with Gasteiger partial charge in [0.25, 0.3) is 0 Å². The summed E-state index contributed by atoms with van der Waals surface area (Å²) in [7, 11) is 3.07. The average Bonchev–Trinajstić information content (AvgIpc) is 2.53. The Bertz CT molecular complexity index is 708. The van der Waals surface area contributed by atoms with Gasteiger partial charge in [-0.05, 0) is 41.5 Å². The number of amides is 1. The van der Waals surface area contributed by atoms with Crippen LogP contribution in [-0.2, 0) is 4.79 Å². The molecular formula is C17H16FNO3. The van der Waals surface area contributed by atoms with E-state index in [0.29, 0.717) is 17.1 Å². The summed E-state index contributed by atoms with van der Waals surface area (Å²) >= 11 is 0. The van der Waals surface area contributed by atoms with Crippen LogP contribution in [0.25, 0.3) is 11.6 Å². The van der Waals surface area contributed by atoms with Gasteiger partial charge < -0.3 is 15.2 Å². The van der Waals surface area contributed by atoms with E-state index in [9.17, 15) is 9.18 Å². The molecule has 0 saturated heterocycles. The van der Waals surface area contributed by atoms with Crippen LogP contribution in [-0.4, -0.2) is 20.1 Å². The van der Waals surface area contributed by atoms with Crippen LogP contribution in [0.3, 0.4) is 0 Å². The van der Waals surface area contributed by atoms with Crippen LogP contribution in [0.1, 0.15) is 11.1 Å². The molecule has 0 fully saturated rings. The SMILES string of the molecule is COc1ccc(/C=C(\C(N)=O)c2ccc(F)cc2)cc1OC. The number of methoxy groups -OCH3 is 2. The summed E-state index contributed by atoms with van der Waals surface area (Å²) in [6, 6.07) is 10.8. The lowest BCUT2D eigenvalue weighted by atomic mass is 10.0. The fourth-order valence-electron chi connectivity index (χ4n) is 2.04. The van der Waals surface area contributed by atoms with Crippen molar-refractivity contribution in [2.45, 2.75) is 0 Å². The van der Waals surface area contributed by atoms with Gasteiger partial charge >= 0.3 is 0 Å². The average molecular weight is 301 g/mol. The molecule has 0 aromatic heterocycles. The van der Waals surface area contributed by atoms with E-state index >= 15 is 0 Å². The van der Waals surface area contributed by atoms with E-state index in [2.05, 4.69) is 0 Å². The molecule has 2 aromatic carbocycles. The molecule has 5 heteroatoms. The number of ether oxygens (including phenoxy) is 2. The zero-order valence-electron chi connectivity index (χ0n) is 12.3. The molecule has 0 bridgehead atoms. The Labute approximate surface area is 128 Å². The summed E-state index contributed by atoms with van der Waals surface area (Å²) in [5.74, 6) is 0.154. The lowest BCUT2D eigenvalue weighted by Gasteiger charge is -2.09. The number of nitrogens with two attached hydrogens (primary N) is 1. The molecule has 0 saturated carbocycles. The van der Waals surface area contributed by atoms with Crippen LogP contribution in [0, 0.1) is 5.82 Å². The highest BCUT2D eigenvalue weighted by molar-refractivity contribution is 6.23. The number of hydrogen-bond donors (Lipinski definition) is 1. The summed E-state index contributed by atoms with van der Waals surface area (Å²) in [5.41, 5.74) is 6.97. The number of benzene rings is 2.